The number of amides is 2. The van der Waals surface area contributed by atoms with Gasteiger partial charge < -0.3 is 20.2 Å². The van der Waals surface area contributed by atoms with Gasteiger partial charge in [-0.15, -0.1) is 0 Å². The Balaban J connectivity index is 1.92. The highest BCUT2D eigenvalue weighted by Gasteiger charge is 2.31. The molecule has 0 unspecified atom stereocenters. The lowest BCUT2D eigenvalue weighted by Crippen LogP contribution is -2.52. The molecule has 2 aliphatic rings. The summed E-state index contributed by atoms with van der Waals surface area (Å²) in [6.07, 6.45) is 3.40. The molecule has 6 heteroatoms. The molecule has 0 bridgehead atoms. The molecule has 0 spiro atoms. The van der Waals surface area contributed by atoms with Crippen LogP contribution in [0.3, 0.4) is 0 Å². The number of rotatable bonds is 2. The van der Waals surface area contributed by atoms with E-state index >= 15 is 0 Å². The molecule has 2 amide bonds. The maximum absolute atomic E-state index is 12.4. The van der Waals surface area contributed by atoms with Gasteiger partial charge in [0.25, 0.3) is 0 Å². The maximum atomic E-state index is 12.4. The average molecular weight is 269 g/mol. The molecule has 2 N–H and O–H groups in total. The van der Waals surface area contributed by atoms with E-state index in [1.807, 2.05) is 7.05 Å². The summed E-state index contributed by atoms with van der Waals surface area (Å²) >= 11 is 0. The van der Waals surface area contributed by atoms with Crippen molar-refractivity contribution >= 4 is 12.0 Å². The van der Waals surface area contributed by atoms with Crippen molar-refractivity contribution in [2.45, 2.75) is 31.7 Å². The summed E-state index contributed by atoms with van der Waals surface area (Å²) in [5.74, 6) is -1.19. The molecular weight excluding hydrogens is 246 g/mol. The van der Waals surface area contributed by atoms with E-state index in [2.05, 4.69) is 5.32 Å². The van der Waals surface area contributed by atoms with Gasteiger partial charge in [0.15, 0.2) is 0 Å². The fourth-order valence-electron chi connectivity index (χ4n) is 2.93. The Labute approximate surface area is 113 Å². The number of carbonyl (C=O) groups is 2. The van der Waals surface area contributed by atoms with Crippen LogP contribution in [0.5, 0.6) is 0 Å². The van der Waals surface area contributed by atoms with Crippen molar-refractivity contribution < 1.29 is 14.7 Å². The maximum Gasteiger partial charge on any atom is 0.320 e. The molecule has 1 atom stereocenters. The number of hydrogen-bond acceptors (Lipinski definition) is 3. The lowest BCUT2D eigenvalue weighted by molar-refractivity contribution is -0.143. The van der Waals surface area contributed by atoms with Crippen LogP contribution in [0.15, 0.2) is 0 Å². The first kappa shape index (κ1) is 14.1. The van der Waals surface area contributed by atoms with Crippen LogP contribution < -0.4 is 5.32 Å². The van der Waals surface area contributed by atoms with Crippen molar-refractivity contribution in [3.05, 3.63) is 0 Å². The number of carboxylic acids is 1. The summed E-state index contributed by atoms with van der Waals surface area (Å²) in [6.45, 7) is 2.92. The third-order valence-electron chi connectivity index (χ3n) is 4.20. The quantitative estimate of drug-likeness (QED) is 0.769. The van der Waals surface area contributed by atoms with E-state index in [0.29, 0.717) is 19.5 Å². The van der Waals surface area contributed by atoms with Crippen LogP contribution in [-0.4, -0.2) is 66.2 Å². The fraction of sp³-hybridized carbons (Fsp3) is 0.846. The molecular formula is C13H23N3O3. The first-order chi connectivity index (χ1) is 9.09. The van der Waals surface area contributed by atoms with Crippen LogP contribution in [-0.2, 0) is 4.79 Å². The molecule has 0 aliphatic carbocycles. The van der Waals surface area contributed by atoms with Gasteiger partial charge in [-0.1, -0.05) is 0 Å². The highest BCUT2D eigenvalue weighted by molar-refractivity contribution is 5.76. The molecule has 2 fully saturated rings. The SMILES string of the molecule is CN(C(=O)N1CCC[C@@H](C(=O)O)C1)C1CCNCC1. The van der Waals surface area contributed by atoms with E-state index < -0.39 is 11.9 Å². The summed E-state index contributed by atoms with van der Waals surface area (Å²) < 4.78 is 0. The molecule has 6 nitrogen and oxygen atoms in total. The van der Waals surface area contributed by atoms with E-state index in [1.165, 1.54) is 0 Å². The number of nitrogens with zero attached hydrogens (tertiary/aromatic N) is 2. The Hall–Kier alpha value is -1.30. The van der Waals surface area contributed by atoms with Crippen LogP contribution in [0.4, 0.5) is 4.79 Å². The van der Waals surface area contributed by atoms with E-state index in [0.717, 1.165) is 32.4 Å². The molecule has 0 aromatic rings. The van der Waals surface area contributed by atoms with Gasteiger partial charge in [0.1, 0.15) is 0 Å². The predicted molar refractivity (Wildman–Crippen MR) is 71.0 cm³/mol. The molecule has 2 aliphatic heterocycles. The van der Waals surface area contributed by atoms with Gasteiger partial charge in [-0.05, 0) is 38.8 Å². The van der Waals surface area contributed by atoms with E-state index in [1.54, 1.807) is 9.80 Å². The van der Waals surface area contributed by atoms with Gasteiger partial charge in [0, 0.05) is 26.2 Å². The standard InChI is InChI=1S/C13H23N3O3/c1-15(11-4-6-14-7-5-11)13(19)16-8-2-3-10(9-16)12(17)18/h10-11,14H,2-9H2,1H3,(H,17,18)/t10-/m1/s1. The zero-order chi connectivity index (χ0) is 13.8. The van der Waals surface area contributed by atoms with E-state index in [4.69, 9.17) is 5.11 Å². The number of nitrogens with one attached hydrogen (secondary N) is 1. The van der Waals surface area contributed by atoms with E-state index in [9.17, 15) is 9.59 Å². The van der Waals surface area contributed by atoms with Crippen molar-refractivity contribution in [1.82, 2.24) is 15.1 Å². The molecule has 2 rings (SSSR count). The Morgan fingerprint density at radius 1 is 1.26 bits per heavy atom. The number of urea groups is 1. The number of carboxylic acid groups (broad SMARTS) is 1. The zero-order valence-electron chi connectivity index (χ0n) is 11.5. The van der Waals surface area contributed by atoms with Gasteiger partial charge in [-0.3, -0.25) is 4.79 Å². The van der Waals surface area contributed by atoms with Crippen LogP contribution in [0.1, 0.15) is 25.7 Å². The third kappa shape index (κ3) is 3.37. The second kappa shape index (κ2) is 6.23. The van der Waals surface area contributed by atoms with E-state index in [-0.39, 0.29) is 12.1 Å². The van der Waals surface area contributed by atoms with Crippen molar-refractivity contribution in [2.75, 3.05) is 33.2 Å². The second-order valence-electron chi connectivity index (χ2n) is 5.50. The molecule has 108 valence electrons. The normalized spacial score (nSPS) is 25.1. The van der Waals surface area contributed by atoms with Crippen molar-refractivity contribution in [3.8, 4) is 0 Å². The molecule has 2 saturated heterocycles. The molecule has 0 saturated carbocycles. The average Bonchev–Trinajstić information content (AvgIpc) is 2.46. The lowest BCUT2D eigenvalue weighted by atomic mass is 9.98. The lowest BCUT2D eigenvalue weighted by Gasteiger charge is -2.38. The Morgan fingerprint density at radius 3 is 2.58 bits per heavy atom. The van der Waals surface area contributed by atoms with Crippen molar-refractivity contribution in [2.24, 2.45) is 5.92 Å². The molecule has 0 aromatic heterocycles. The molecule has 19 heavy (non-hydrogen) atoms. The van der Waals surface area contributed by atoms with Crippen LogP contribution in [0.25, 0.3) is 0 Å². The Morgan fingerprint density at radius 2 is 1.95 bits per heavy atom. The second-order valence-corrected chi connectivity index (χ2v) is 5.50. The minimum Gasteiger partial charge on any atom is -0.481 e. The summed E-state index contributed by atoms with van der Waals surface area (Å²) in [4.78, 5) is 26.9. The Bertz CT molecular complexity index is 342. The minimum absolute atomic E-state index is 0.0159. The van der Waals surface area contributed by atoms with Crippen LogP contribution in [0, 0.1) is 5.92 Å². The number of aliphatic carboxylic acids is 1. The number of piperidine rings is 2. The Kier molecular flexibility index (Phi) is 4.63. The summed E-state index contributed by atoms with van der Waals surface area (Å²) in [7, 11) is 1.84. The third-order valence-corrected chi connectivity index (χ3v) is 4.20. The van der Waals surface area contributed by atoms with Gasteiger partial charge in [-0.25, -0.2) is 4.79 Å². The topological polar surface area (TPSA) is 72.9 Å². The van der Waals surface area contributed by atoms with Crippen molar-refractivity contribution in [1.29, 1.82) is 0 Å². The smallest absolute Gasteiger partial charge is 0.320 e. The monoisotopic (exact) mass is 269 g/mol. The molecule has 2 heterocycles. The minimum atomic E-state index is -0.790. The first-order valence-electron chi connectivity index (χ1n) is 7.05. The molecule has 0 radical (unpaired) electrons. The van der Waals surface area contributed by atoms with Crippen LogP contribution in [0.2, 0.25) is 0 Å². The largest absolute Gasteiger partial charge is 0.481 e. The number of hydrogen-bond donors (Lipinski definition) is 2. The van der Waals surface area contributed by atoms with Gasteiger partial charge in [0.2, 0.25) is 0 Å². The van der Waals surface area contributed by atoms with Crippen LogP contribution >= 0.6 is 0 Å². The molecule has 0 aromatic carbocycles. The fourth-order valence-corrected chi connectivity index (χ4v) is 2.93. The highest BCUT2D eigenvalue weighted by Crippen LogP contribution is 2.19. The number of carbonyl (C=O) groups excluding carboxylic acids is 1. The number of likely N-dealkylation sites (tertiary alicyclic amines) is 1. The summed E-state index contributed by atoms with van der Waals surface area (Å²) in [6, 6.07) is 0.261. The first-order valence-corrected chi connectivity index (χ1v) is 7.05. The van der Waals surface area contributed by atoms with Gasteiger partial charge >= 0.3 is 12.0 Å². The van der Waals surface area contributed by atoms with Gasteiger partial charge in [0.05, 0.1) is 5.92 Å². The van der Waals surface area contributed by atoms with Gasteiger partial charge in [-0.2, -0.15) is 0 Å². The summed E-state index contributed by atoms with van der Waals surface area (Å²) in [5, 5.41) is 12.3. The highest BCUT2D eigenvalue weighted by atomic mass is 16.4. The zero-order valence-corrected chi connectivity index (χ0v) is 11.5. The predicted octanol–water partition coefficient (Wildman–Crippen LogP) is 0.587. The summed E-state index contributed by atoms with van der Waals surface area (Å²) in [5.41, 5.74) is 0. The van der Waals surface area contributed by atoms with Crippen molar-refractivity contribution in [3.63, 3.8) is 0 Å².